The minimum atomic E-state index is 0.394. The number of ether oxygens (including phenoxy) is 1. The lowest BCUT2D eigenvalue weighted by Crippen LogP contribution is -2.14. The van der Waals surface area contributed by atoms with E-state index < -0.39 is 0 Å². The zero-order valence-electron chi connectivity index (χ0n) is 4.48. The van der Waals surface area contributed by atoms with Crippen LogP contribution in [0.5, 0.6) is 0 Å². The van der Waals surface area contributed by atoms with Crippen LogP contribution in [-0.2, 0) is 4.74 Å². The Bertz CT molecular complexity index is 76.2. The van der Waals surface area contributed by atoms with Crippen molar-refractivity contribution < 1.29 is 4.74 Å². The Kier molecular flexibility index (Phi) is 1.47. The smallest absolute Gasteiger partial charge is 0.0801 e. The van der Waals surface area contributed by atoms with Crippen molar-refractivity contribution in [2.75, 3.05) is 6.61 Å². The van der Waals surface area contributed by atoms with Gasteiger partial charge in [-0.1, -0.05) is 6.08 Å². The molecule has 1 aliphatic rings. The topological polar surface area (TPSA) is 9.23 Å². The van der Waals surface area contributed by atoms with Gasteiger partial charge in [0.2, 0.25) is 0 Å². The van der Waals surface area contributed by atoms with Gasteiger partial charge in [0.05, 0.1) is 6.10 Å². The molecule has 7 heavy (non-hydrogen) atoms. The van der Waals surface area contributed by atoms with E-state index in [1.54, 1.807) is 0 Å². The molecule has 1 atom stereocenters. The average molecular weight is 97.1 g/mol. The molecule has 0 saturated heterocycles. The quantitative estimate of drug-likeness (QED) is 0.502. The second-order valence-electron chi connectivity index (χ2n) is 1.57. The second kappa shape index (κ2) is 2.12. The molecule has 1 aliphatic carbocycles. The second-order valence-corrected chi connectivity index (χ2v) is 1.57. The van der Waals surface area contributed by atoms with E-state index in [9.17, 15) is 0 Å². The number of hydrogen-bond acceptors (Lipinski definition) is 1. The van der Waals surface area contributed by atoms with Gasteiger partial charge in [-0.3, -0.25) is 0 Å². The third-order valence-corrected chi connectivity index (χ3v) is 1.00. The first-order valence-corrected chi connectivity index (χ1v) is 2.62. The van der Waals surface area contributed by atoms with Gasteiger partial charge in [0.15, 0.2) is 0 Å². The van der Waals surface area contributed by atoms with Crippen LogP contribution in [0.25, 0.3) is 0 Å². The van der Waals surface area contributed by atoms with Gasteiger partial charge in [0, 0.05) is 13.0 Å². The van der Waals surface area contributed by atoms with Crippen LogP contribution in [0.3, 0.4) is 0 Å². The van der Waals surface area contributed by atoms with E-state index in [0.29, 0.717) is 6.10 Å². The highest BCUT2D eigenvalue weighted by molar-refractivity contribution is 4.96. The van der Waals surface area contributed by atoms with Crippen molar-refractivity contribution in [3.8, 4) is 0 Å². The van der Waals surface area contributed by atoms with E-state index in [1.807, 2.05) is 13.0 Å². The molecular formula is C6H9O. The van der Waals surface area contributed by atoms with Crippen LogP contribution in [0, 0.1) is 6.08 Å². The summed E-state index contributed by atoms with van der Waals surface area (Å²) in [6.45, 7) is 2.83. The summed E-state index contributed by atoms with van der Waals surface area (Å²) in [6, 6.07) is 0. The van der Waals surface area contributed by atoms with E-state index in [0.717, 1.165) is 13.0 Å². The highest BCUT2D eigenvalue weighted by Crippen LogP contribution is 2.09. The summed E-state index contributed by atoms with van der Waals surface area (Å²) < 4.78 is 5.16. The number of hydrogen-bond donors (Lipinski definition) is 0. The molecule has 0 aliphatic heterocycles. The molecule has 0 heterocycles. The summed E-state index contributed by atoms with van der Waals surface area (Å²) in [6.07, 6.45) is 6.35. The largest absolute Gasteiger partial charge is 0.374 e. The van der Waals surface area contributed by atoms with Crippen LogP contribution in [0.1, 0.15) is 13.3 Å². The fraction of sp³-hybridized carbons (Fsp3) is 0.667. The molecule has 0 fully saturated rings. The summed E-state index contributed by atoms with van der Waals surface area (Å²) in [7, 11) is 0. The maximum absolute atomic E-state index is 5.16. The van der Waals surface area contributed by atoms with E-state index in [-0.39, 0.29) is 0 Å². The molecule has 0 aromatic carbocycles. The van der Waals surface area contributed by atoms with Crippen LogP contribution in [-0.4, -0.2) is 12.7 Å². The van der Waals surface area contributed by atoms with E-state index >= 15 is 0 Å². The predicted molar refractivity (Wildman–Crippen MR) is 27.8 cm³/mol. The summed E-state index contributed by atoms with van der Waals surface area (Å²) in [5.41, 5.74) is 0. The minimum absolute atomic E-state index is 0.394. The molecular weight excluding hydrogens is 88.1 g/mol. The van der Waals surface area contributed by atoms with Gasteiger partial charge in [0.25, 0.3) is 0 Å². The molecule has 0 bridgehead atoms. The van der Waals surface area contributed by atoms with Crippen LogP contribution >= 0.6 is 0 Å². The van der Waals surface area contributed by atoms with Crippen molar-refractivity contribution in [3.63, 3.8) is 0 Å². The third kappa shape index (κ3) is 1.03. The highest BCUT2D eigenvalue weighted by atomic mass is 16.5. The Labute approximate surface area is 44.0 Å². The van der Waals surface area contributed by atoms with Gasteiger partial charge >= 0.3 is 0 Å². The molecule has 1 nitrogen and oxygen atoms in total. The van der Waals surface area contributed by atoms with E-state index in [2.05, 4.69) is 6.08 Å². The van der Waals surface area contributed by atoms with Crippen LogP contribution < -0.4 is 0 Å². The van der Waals surface area contributed by atoms with Crippen LogP contribution in [0.2, 0.25) is 0 Å². The lowest BCUT2D eigenvalue weighted by atomic mass is 10.1. The number of rotatable bonds is 2. The average Bonchev–Trinajstić information content (AvgIpc) is 1.55. The van der Waals surface area contributed by atoms with Gasteiger partial charge in [-0.05, 0) is 13.0 Å². The molecule has 1 unspecified atom stereocenters. The van der Waals surface area contributed by atoms with Gasteiger partial charge in [-0.2, -0.15) is 0 Å². The van der Waals surface area contributed by atoms with Crippen molar-refractivity contribution in [1.29, 1.82) is 0 Å². The predicted octanol–water partition coefficient (Wildman–Crippen LogP) is 1.15. The van der Waals surface area contributed by atoms with E-state index in [1.165, 1.54) is 0 Å². The molecule has 1 heteroatoms. The third-order valence-electron chi connectivity index (χ3n) is 1.00. The maximum atomic E-state index is 5.16. The van der Waals surface area contributed by atoms with Crippen LogP contribution in [0.4, 0.5) is 0 Å². The Balaban J connectivity index is 2.06. The first kappa shape index (κ1) is 4.85. The summed E-state index contributed by atoms with van der Waals surface area (Å²) >= 11 is 0. The fourth-order valence-corrected chi connectivity index (χ4v) is 0.535. The van der Waals surface area contributed by atoms with Crippen molar-refractivity contribution >= 4 is 0 Å². The van der Waals surface area contributed by atoms with Crippen molar-refractivity contribution in [2.24, 2.45) is 0 Å². The first-order chi connectivity index (χ1) is 3.43. The van der Waals surface area contributed by atoms with Gasteiger partial charge in [-0.15, -0.1) is 0 Å². The Hall–Kier alpha value is -0.300. The summed E-state index contributed by atoms with van der Waals surface area (Å²) in [4.78, 5) is 0. The summed E-state index contributed by atoms with van der Waals surface area (Å²) in [5, 5.41) is 0. The summed E-state index contributed by atoms with van der Waals surface area (Å²) in [5.74, 6) is 0. The molecule has 0 amide bonds. The van der Waals surface area contributed by atoms with Gasteiger partial charge in [0.1, 0.15) is 0 Å². The lowest BCUT2D eigenvalue weighted by molar-refractivity contribution is 0.0851. The van der Waals surface area contributed by atoms with Crippen molar-refractivity contribution in [2.45, 2.75) is 19.4 Å². The van der Waals surface area contributed by atoms with Gasteiger partial charge < -0.3 is 4.74 Å². The molecule has 0 N–H and O–H groups in total. The van der Waals surface area contributed by atoms with Crippen molar-refractivity contribution in [3.05, 3.63) is 12.2 Å². The molecule has 1 rings (SSSR count). The molecule has 0 aromatic heterocycles. The zero-order chi connectivity index (χ0) is 5.11. The lowest BCUT2D eigenvalue weighted by Gasteiger charge is -2.15. The van der Waals surface area contributed by atoms with Crippen LogP contribution in [0.15, 0.2) is 6.08 Å². The molecule has 0 aromatic rings. The monoisotopic (exact) mass is 97.1 g/mol. The van der Waals surface area contributed by atoms with Crippen molar-refractivity contribution in [1.82, 2.24) is 0 Å². The van der Waals surface area contributed by atoms with Gasteiger partial charge in [-0.25, -0.2) is 0 Å². The molecule has 0 saturated carbocycles. The SMILES string of the molecule is CCOC1C=[C]C1. The first-order valence-electron chi connectivity index (χ1n) is 2.62. The molecule has 0 spiro atoms. The highest BCUT2D eigenvalue weighted by Gasteiger charge is 2.07. The minimum Gasteiger partial charge on any atom is -0.374 e. The Morgan fingerprint density at radius 3 is 2.86 bits per heavy atom. The Morgan fingerprint density at radius 2 is 2.71 bits per heavy atom. The Morgan fingerprint density at radius 1 is 2.00 bits per heavy atom. The molecule has 1 radical (unpaired) electrons. The fourth-order valence-electron chi connectivity index (χ4n) is 0.535. The van der Waals surface area contributed by atoms with E-state index in [4.69, 9.17) is 4.74 Å². The maximum Gasteiger partial charge on any atom is 0.0801 e. The zero-order valence-corrected chi connectivity index (χ0v) is 4.48. The normalized spacial score (nSPS) is 27.3. The molecule has 39 valence electrons. The standard InChI is InChI=1S/C6H9O/c1-2-7-6-4-3-5-6/h4,6H,2,5H2,1H3.